The lowest BCUT2D eigenvalue weighted by atomic mass is 10.1. The Balaban J connectivity index is 1.60. The summed E-state index contributed by atoms with van der Waals surface area (Å²) >= 11 is 9.40. The predicted molar refractivity (Wildman–Crippen MR) is 148 cm³/mol. The smallest absolute Gasteiger partial charge is 0.338 e. The van der Waals surface area contributed by atoms with Crippen molar-refractivity contribution < 1.29 is 33.4 Å². The molecule has 0 spiro atoms. The maximum absolute atomic E-state index is 13.3. The number of ether oxygens (including phenoxy) is 3. The molecular formula is C28H22BrClN2O7. The van der Waals surface area contributed by atoms with Gasteiger partial charge in [0, 0.05) is 5.02 Å². The average molecular weight is 614 g/mol. The molecule has 1 aliphatic heterocycles. The number of carbonyl (C=O) groups is 4. The van der Waals surface area contributed by atoms with Crippen LogP contribution in [0.2, 0.25) is 5.02 Å². The monoisotopic (exact) mass is 612 g/mol. The molecule has 4 rings (SSSR count). The van der Waals surface area contributed by atoms with Crippen LogP contribution in [0.25, 0.3) is 6.08 Å². The zero-order valence-electron chi connectivity index (χ0n) is 20.8. The summed E-state index contributed by atoms with van der Waals surface area (Å²) in [7, 11) is 1.46. The summed E-state index contributed by atoms with van der Waals surface area (Å²) in [6.45, 7) is 2.14. The Kier molecular flexibility index (Phi) is 8.68. The normalized spacial score (nSPS) is 14.3. The van der Waals surface area contributed by atoms with Crippen LogP contribution in [0.4, 0.5) is 10.5 Å². The predicted octanol–water partition coefficient (Wildman–Crippen LogP) is 5.53. The number of imide groups is 2. The van der Waals surface area contributed by atoms with Crippen molar-refractivity contribution in [3.05, 3.63) is 92.4 Å². The number of esters is 1. The number of anilines is 1. The number of halogens is 2. The zero-order chi connectivity index (χ0) is 28.1. The van der Waals surface area contributed by atoms with Crippen molar-refractivity contribution in [1.82, 2.24) is 5.32 Å². The minimum absolute atomic E-state index is 0.175. The first kappa shape index (κ1) is 27.9. The molecule has 1 heterocycles. The van der Waals surface area contributed by atoms with Crippen LogP contribution < -0.4 is 19.7 Å². The lowest BCUT2D eigenvalue weighted by Crippen LogP contribution is -2.54. The number of hydrogen-bond donors (Lipinski definition) is 1. The number of hydrogen-bond acceptors (Lipinski definition) is 7. The van der Waals surface area contributed by atoms with E-state index in [4.69, 9.17) is 25.8 Å². The molecule has 0 atom stereocenters. The van der Waals surface area contributed by atoms with E-state index in [9.17, 15) is 19.2 Å². The Morgan fingerprint density at radius 1 is 1.05 bits per heavy atom. The molecule has 3 aromatic carbocycles. The van der Waals surface area contributed by atoms with Crippen molar-refractivity contribution in [2.24, 2.45) is 0 Å². The van der Waals surface area contributed by atoms with Crippen LogP contribution in [-0.4, -0.2) is 37.5 Å². The van der Waals surface area contributed by atoms with Gasteiger partial charge in [-0.05, 0) is 88.6 Å². The van der Waals surface area contributed by atoms with Crippen molar-refractivity contribution in [3.63, 3.8) is 0 Å². The number of amides is 4. The molecule has 0 aromatic heterocycles. The SMILES string of the molecule is CCOC(=O)c1ccc(N2C(=O)NC(=O)/C(=C\c3cc(Br)c(OCc4ccc(Cl)cc4)c(OC)c3)C2=O)cc1. The van der Waals surface area contributed by atoms with Gasteiger partial charge in [0.25, 0.3) is 11.8 Å². The highest BCUT2D eigenvalue weighted by atomic mass is 79.9. The first-order valence-electron chi connectivity index (χ1n) is 11.6. The molecule has 3 aromatic rings. The van der Waals surface area contributed by atoms with Gasteiger partial charge in [-0.15, -0.1) is 0 Å². The minimum Gasteiger partial charge on any atom is -0.493 e. The van der Waals surface area contributed by atoms with E-state index in [0.29, 0.717) is 26.6 Å². The van der Waals surface area contributed by atoms with Gasteiger partial charge in [0.15, 0.2) is 11.5 Å². The fourth-order valence-corrected chi connectivity index (χ4v) is 4.42. The lowest BCUT2D eigenvalue weighted by Gasteiger charge is -2.26. The molecule has 11 heteroatoms. The third kappa shape index (κ3) is 6.30. The topological polar surface area (TPSA) is 111 Å². The molecule has 200 valence electrons. The molecular weight excluding hydrogens is 592 g/mol. The first-order valence-corrected chi connectivity index (χ1v) is 12.8. The molecule has 0 bridgehead atoms. The van der Waals surface area contributed by atoms with Gasteiger partial charge in [0.1, 0.15) is 12.2 Å². The highest BCUT2D eigenvalue weighted by molar-refractivity contribution is 9.10. The summed E-state index contributed by atoms with van der Waals surface area (Å²) < 4.78 is 16.9. The Hall–Kier alpha value is -4.15. The second-order valence-corrected chi connectivity index (χ2v) is 9.47. The number of benzene rings is 3. The van der Waals surface area contributed by atoms with Gasteiger partial charge in [0.2, 0.25) is 0 Å². The van der Waals surface area contributed by atoms with E-state index in [1.807, 2.05) is 12.1 Å². The molecule has 4 amide bonds. The van der Waals surface area contributed by atoms with Crippen molar-refractivity contribution >= 4 is 63.1 Å². The van der Waals surface area contributed by atoms with Crippen LogP contribution in [0.15, 0.2) is 70.7 Å². The summed E-state index contributed by atoms with van der Waals surface area (Å²) in [5, 5.41) is 2.79. The van der Waals surface area contributed by atoms with E-state index in [-0.39, 0.29) is 30.0 Å². The molecule has 1 aliphatic rings. The molecule has 0 radical (unpaired) electrons. The van der Waals surface area contributed by atoms with Crippen LogP contribution in [0.5, 0.6) is 11.5 Å². The van der Waals surface area contributed by atoms with Gasteiger partial charge in [-0.2, -0.15) is 0 Å². The van der Waals surface area contributed by atoms with E-state index in [1.165, 1.54) is 37.5 Å². The quantitative estimate of drug-likeness (QED) is 0.202. The zero-order valence-corrected chi connectivity index (χ0v) is 23.2. The summed E-state index contributed by atoms with van der Waals surface area (Å²) in [6, 6.07) is 15.2. The molecule has 1 fully saturated rings. The number of urea groups is 1. The van der Waals surface area contributed by atoms with Gasteiger partial charge in [0.05, 0.1) is 29.4 Å². The van der Waals surface area contributed by atoms with Crippen LogP contribution in [-0.2, 0) is 20.9 Å². The molecule has 0 saturated carbocycles. The minimum atomic E-state index is -0.907. The fraction of sp³-hybridized carbons (Fsp3) is 0.143. The standard InChI is InChI=1S/C28H22BrClN2O7/c1-3-38-27(35)18-6-10-20(11-7-18)32-26(34)21(25(33)31-28(32)36)12-17-13-22(29)24(23(14-17)37-2)39-15-16-4-8-19(30)9-5-16/h4-14H,3,15H2,1-2H3,(H,31,33,36)/b21-12+. The van der Waals surface area contributed by atoms with E-state index < -0.39 is 23.8 Å². The van der Waals surface area contributed by atoms with E-state index in [0.717, 1.165) is 10.5 Å². The Morgan fingerprint density at radius 2 is 1.74 bits per heavy atom. The largest absolute Gasteiger partial charge is 0.493 e. The van der Waals surface area contributed by atoms with E-state index in [1.54, 1.807) is 31.2 Å². The highest BCUT2D eigenvalue weighted by Crippen LogP contribution is 2.38. The second kappa shape index (κ2) is 12.1. The van der Waals surface area contributed by atoms with E-state index >= 15 is 0 Å². The fourth-order valence-electron chi connectivity index (χ4n) is 3.72. The van der Waals surface area contributed by atoms with E-state index in [2.05, 4.69) is 21.2 Å². The molecule has 1 saturated heterocycles. The second-order valence-electron chi connectivity index (χ2n) is 8.17. The lowest BCUT2D eigenvalue weighted by molar-refractivity contribution is -0.122. The molecule has 1 N–H and O–H groups in total. The van der Waals surface area contributed by atoms with Gasteiger partial charge in [-0.1, -0.05) is 23.7 Å². The first-order chi connectivity index (χ1) is 18.7. The Bertz CT molecular complexity index is 1470. The number of nitrogens with one attached hydrogen (secondary N) is 1. The van der Waals surface area contributed by atoms with Crippen LogP contribution in [0.1, 0.15) is 28.4 Å². The maximum Gasteiger partial charge on any atom is 0.338 e. The summed E-state index contributed by atoms with van der Waals surface area (Å²) in [6.07, 6.45) is 1.35. The Labute approximate surface area is 237 Å². The third-order valence-corrected chi connectivity index (χ3v) is 6.44. The summed E-state index contributed by atoms with van der Waals surface area (Å²) in [4.78, 5) is 51.2. The van der Waals surface area contributed by atoms with Crippen LogP contribution in [0.3, 0.4) is 0 Å². The number of barbiturate groups is 1. The molecule has 0 aliphatic carbocycles. The van der Waals surface area contributed by atoms with Crippen LogP contribution in [0, 0.1) is 0 Å². The Morgan fingerprint density at radius 3 is 2.38 bits per heavy atom. The van der Waals surface area contributed by atoms with Gasteiger partial charge in [-0.3, -0.25) is 14.9 Å². The molecule has 39 heavy (non-hydrogen) atoms. The van der Waals surface area contributed by atoms with Gasteiger partial charge in [-0.25, -0.2) is 14.5 Å². The highest BCUT2D eigenvalue weighted by Gasteiger charge is 2.37. The number of nitrogens with zero attached hydrogens (tertiary/aromatic N) is 1. The summed E-state index contributed by atoms with van der Waals surface area (Å²) in [5.41, 5.74) is 1.50. The van der Waals surface area contributed by atoms with Gasteiger partial charge < -0.3 is 14.2 Å². The number of methoxy groups -OCH3 is 1. The van der Waals surface area contributed by atoms with Gasteiger partial charge >= 0.3 is 12.0 Å². The third-order valence-electron chi connectivity index (χ3n) is 5.60. The number of carbonyl (C=O) groups excluding carboxylic acids is 4. The van der Waals surface area contributed by atoms with Crippen molar-refractivity contribution in [2.45, 2.75) is 13.5 Å². The van der Waals surface area contributed by atoms with Crippen molar-refractivity contribution in [1.29, 1.82) is 0 Å². The summed E-state index contributed by atoms with van der Waals surface area (Å²) in [5.74, 6) is -1.42. The van der Waals surface area contributed by atoms with Crippen LogP contribution >= 0.6 is 27.5 Å². The molecule has 9 nitrogen and oxygen atoms in total. The van der Waals surface area contributed by atoms with Crippen molar-refractivity contribution in [2.75, 3.05) is 18.6 Å². The number of rotatable bonds is 8. The van der Waals surface area contributed by atoms with Crippen molar-refractivity contribution in [3.8, 4) is 11.5 Å². The molecule has 0 unspecified atom stereocenters. The average Bonchev–Trinajstić information content (AvgIpc) is 2.91. The maximum atomic E-state index is 13.3.